The van der Waals surface area contributed by atoms with Gasteiger partial charge in [-0.05, 0) is 0 Å². The first-order chi connectivity index (χ1) is 15.4. The summed E-state index contributed by atoms with van der Waals surface area (Å²) >= 11 is 1.84. The summed E-state index contributed by atoms with van der Waals surface area (Å²) in [4.78, 5) is 0. The molecule has 0 aliphatic carbocycles. The summed E-state index contributed by atoms with van der Waals surface area (Å²) in [6, 6.07) is 28.7. The molecule has 4 aromatic carbocycles. The molecule has 2 heteroatoms. The molecule has 0 N–H and O–H groups in total. The van der Waals surface area contributed by atoms with Gasteiger partial charge in [0.1, 0.15) is 0 Å². The standard InChI is InChI=1S/C15H11.C9H13.C6H14Si.Zr/c1-2-6-12(7-3-1)15-11-10-13-8-4-5-9-14(13)15;1-6-5-7(2)9(4)8(6)3;1-3-5-7-6-4-2;/h1-11H;5H,1-4H3;3-6H2,1-2H3;/q2*-1;;+2. The summed E-state index contributed by atoms with van der Waals surface area (Å²) in [5.41, 5.74) is 8.56. The van der Waals surface area contributed by atoms with Gasteiger partial charge >= 0.3 is 67.5 Å². The Morgan fingerprint density at radius 2 is 1.28 bits per heavy atom. The fourth-order valence-corrected chi connectivity index (χ4v) is 9.03. The van der Waals surface area contributed by atoms with E-state index in [9.17, 15) is 0 Å². The molecule has 0 spiro atoms. The second kappa shape index (κ2) is 13.9. The number of hydrogen-bond acceptors (Lipinski definition) is 0. The molecule has 0 aromatic heterocycles. The average Bonchev–Trinajstić information content (AvgIpc) is 3.32. The Labute approximate surface area is 211 Å². The summed E-state index contributed by atoms with van der Waals surface area (Å²) < 4.78 is 0. The predicted molar refractivity (Wildman–Crippen MR) is 142 cm³/mol. The van der Waals surface area contributed by atoms with Crippen LogP contribution >= 0.6 is 0 Å². The Morgan fingerprint density at radius 1 is 0.750 bits per heavy atom. The second-order valence-electron chi connectivity index (χ2n) is 8.56. The van der Waals surface area contributed by atoms with Gasteiger partial charge < -0.3 is 0 Å². The summed E-state index contributed by atoms with van der Waals surface area (Å²) in [5, 5.41) is 2.65. The van der Waals surface area contributed by atoms with E-state index in [1.165, 1.54) is 57.0 Å². The molecule has 0 saturated carbocycles. The number of rotatable bonds is 5. The quantitative estimate of drug-likeness (QED) is 0.183. The van der Waals surface area contributed by atoms with E-state index in [4.69, 9.17) is 0 Å². The van der Waals surface area contributed by atoms with Crippen molar-refractivity contribution in [3.8, 4) is 11.1 Å². The summed E-state index contributed by atoms with van der Waals surface area (Å²) in [7, 11) is 0. The molecule has 0 aliphatic rings. The van der Waals surface area contributed by atoms with Crippen molar-refractivity contribution in [3.63, 3.8) is 0 Å². The number of hydrogen-bond donors (Lipinski definition) is 0. The first kappa shape index (κ1) is 26.7. The smallest absolute Gasteiger partial charge is 0.0623 e. The molecule has 166 valence electrons. The predicted octanol–water partition coefficient (Wildman–Crippen LogP) is 9.21. The molecule has 0 amide bonds. The molecule has 0 fully saturated rings. The third kappa shape index (κ3) is 7.82. The molecular weight excluding hydrogens is 480 g/mol. The minimum Gasteiger partial charge on any atom is -0.196 e. The minimum absolute atomic E-state index is 0.199. The van der Waals surface area contributed by atoms with Gasteiger partial charge in [-0.15, -0.1) is 46.7 Å². The van der Waals surface area contributed by atoms with Gasteiger partial charge in [0, 0.05) is 0 Å². The zero-order chi connectivity index (χ0) is 23.5. The Morgan fingerprint density at radius 3 is 1.78 bits per heavy atom. The van der Waals surface area contributed by atoms with Crippen molar-refractivity contribution >= 4 is 16.2 Å². The van der Waals surface area contributed by atoms with Crippen LogP contribution in [0, 0.1) is 27.7 Å². The van der Waals surface area contributed by atoms with Gasteiger partial charge in [-0.25, -0.2) is 0 Å². The average molecular weight is 518 g/mol. The van der Waals surface area contributed by atoms with Gasteiger partial charge in [0.25, 0.3) is 0 Å². The van der Waals surface area contributed by atoms with E-state index in [0.29, 0.717) is 0 Å². The van der Waals surface area contributed by atoms with Crippen LogP contribution in [-0.4, -0.2) is 5.43 Å². The van der Waals surface area contributed by atoms with Gasteiger partial charge in [0.2, 0.25) is 0 Å². The maximum absolute atomic E-state index is 2.30. The normalized spacial score (nSPS) is 10.2. The Balaban J connectivity index is 0.000000185. The summed E-state index contributed by atoms with van der Waals surface area (Å²) in [5.74, 6) is 0. The maximum Gasteiger partial charge on any atom is -0.0623 e. The van der Waals surface area contributed by atoms with Crippen molar-refractivity contribution in [2.45, 2.75) is 66.5 Å². The van der Waals surface area contributed by atoms with Gasteiger partial charge in [-0.2, -0.15) is 28.3 Å². The fraction of sp³-hybridized carbons (Fsp3) is 0.333. The van der Waals surface area contributed by atoms with Crippen molar-refractivity contribution in [1.29, 1.82) is 0 Å². The van der Waals surface area contributed by atoms with E-state index in [0.717, 1.165) is 0 Å². The third-order valence-corrected chi connectivity index (χ3v) is 11.9. The summed E-state index contributed by atoms with van der Waals surface area (Å²) in [6.45, 7) is 13.3. The molecule has 4 rings (SSSR count). The molecule has 0 radical (unpaired) electrons. The van der Waals surface area contributed by atoms with Crippen LogP contribution in [0.3, 0.4) is 0 Å². The molecule has 0 nitrogen and oxygen atoms in total. The molecule has 0 atom stereocenters. The third-order valence-electron chi connectivity index (χ3n) is 6.05. The van der Waals surface area contributed by atoms with Crippen LogP contribution < -0.4 is 0 Å². The van der Waals surface area contributed by atoms with Crippen LogP contribution in [0.2, 0.25) is 12.1 Å². The molecule has 0 unspecified atom stereocenters. The number of fused-ring (bicyclic) bond motifs is 1. The van der Waals surface area contributed by atoms with Gasteiger partial charge in [-0.1, -0.05) is 69.7 Å². The molecular formula is C30H38SiZr. The van der Waals surface area contributed by atoms with Crippen molar-refractivity contribution in [1.82, 2.24) is 0 Å². The van der Waals surface area contributed by atoms with Gasteiger partial charge in [0.15, 0.2) is 0 Å². The van der Waals surface area contributed by atoms with Crippen molar-refractivity contribution in [2.24, 2.45) is 0 Å². The monoisotopic (exact) mass is 516 g/mol. The van der Waals surface area contributed by atoms with E-state index < -0.39 is 0 Å². The van der Waals surface area contributed by atoms with Crippen molar-refractivity contribution < 1.29 is 23.3 Å². The van der Waals surface area contributed by atoms with Crippen LogP contribution in [-0.2, 0) is 23.3 Å². The first-order valence-electron chi connectivity index (χ1n) is 11.8. The van der Waals surface area contributed by atoms with Crippen LogP contribution in [0.15, 0.2) is 72.8 Å². The molecule has 4 aromatic rings. The van der Waals surface area contributed by atoms with E-state index >= 15 is 0 Å². The van der Waals surface area contributed by atoms with Crippen molar-refractivity contribution in [3.05, 3.63) is 95.1 Å². The van der Waals surface area contributed by atoms with E-state index in [-0.39, 0.29) is 5.43 Å². The molecule has 0 bridgehead atoms. The molecule has 0 saturated heterocycles. The largest absolute Gasteiger partial charge is 0.196 e. The first-order valence-corrected chi connectivity index (χ1v) is 17.4. The SMILES string of the molecule is CCC[Si](=[Zr+2])CCC.Cc1[cH-]c(C)c(C)c1C.c1ccc(-c2c[cH-]c3ccccc23)cc1. The maximum atomic E-state index is 2.30. The molecule has 32 heavy (non-hydrogen) atoms. The number of aryl methyl sites for hydroxylation is 2. The topological polar surface area (TPSA) is 0 Å². The Hall–Kier alpha value is -1.50. The van der Waals surface area contributed by atoms with Crippen LogP contribution in [0.4, 0.5) is 0 Å². The van der Waals surface area contributed by atoms with E-state index in [1.54, 1.807) is 12.1 Å². The second-order valence-corrected chi connectivity index (χ2v) is 16.0. The Bertz CT molecular complexity index is 1070. The minimum atomic E-state index is 0.199. The van der Waals surface area contributed by atoms with Crippen molar-refractivity contribution in [2.75, 3.05) is 0 Å². The molecule has 0 aliphatic heterocycles. The van der Waals surface area contributed by atoms with Crippen LogP contribution in [0.1, 0.15) is 48.9 Å². The van der Waals surface area contributed by atoms with Crippen LogP contribution in [0.5, 0.6) is 0 Å². The van der Waals surface area contributed by atoms with Gasteiger partial charge in [0.05, 0.1) is 0 Å². The molecule has 0 heterocycles. The zero-order valence-corrected chi connectivity index (χ0v) is 24.2. The van der Waals surface area contributed by atoms with Gasteiger partial charge in [-0.3, -0.25) is 0 Å². The fourth-order valence-electron chi connectivity index (χ4n) is 3.88. The van der Waals surface area contributed by atoms with E-state index in [1.807, 2.05) is 23.3 Å². The van der Waals surface area contributed by atoms with E-state index in [2.05, 4.69) is 114 Å². The number of benzene rings is 2. The summed E-state index contributed by atoms with van der Waals surface area (Å²) in [6.07, 6.45) is 2.83. The Kier molecular flexibility index (Phi) is 11.6. The van der Waals surface area contributed by atoms with Crippen LogP contribution in [0.25, 0.3) is 21.9 Å². The zero-order valence-electron chi connectivity index (χ0n) is 20.8.